The molecule has 0 amide bonds. The Morgan fingerprint density at radius 3 is 1.46 bits per heavy atom. The Bertz CT molecular complexity index is 219. The number of aliphatic carboxylic acids is 3. The fourth-order valence-electron chi connectivity index (χ4n) is 1.00. The summed E-state index contributed by atoms with van der Waals surface area (Å²) in [6.07, 6.45) is -0.0292. The number of rotatable bonds is 5. The second kappa shape index (κ2) is 4.44. The Labute approximate surface area is 73.8 Å². The molecule has 0 bridgehead atoms. The van der Waals surface area contributed by atoms with Crippen molar-refractivity contribution in [2.45, 2.75) is 13.3 Å². The van der Waals surface area contributed by atoms with E-state index in [9.17, 15) is 14.4 Å². The van der Waals surface area contributed by atoms with Gasteiger partial charge in [0, 0.05) is 0 Å². The van der Waals surface area contributed by atoms with Crippen molar-refractivity contribution in [1.29, 1.82) is 0 Å². The van der Waals surface area contributed by atoms with E-state index >= 15 is 0 Å². The second-order valence-corrected chi connectivity index (χ2v) is 2.51. The van der Waals surface area contributed by atoms with Crippen LogP contribution in [0.3, 0.4) is 0 Å². The summed E-state index contributed by atoms with van der Waals surface area (Å²) in [5, 5.41) is 25.4. The van der Waals surface area contributed by atoms with Gasteiger partial charge >= 0.3 is 17.9 Å². The number of carboxylic acid groups (broad SMARTS) is 3. The normalized spacial score (nSPS) is 12.5. The molecule has 0 aromatic rings. The third kappa shape index (κ3) is 2.73. The average Bonchev–Trinajstić information content (AvgIpc) is 1.97. The summed E-state index contributed by atoms with van der Waals surface area (Å²) in [6.45, 7) is 1.43. The molecule has 0 saturated heterocycles. The van der Waals surface area contributed by atoms with Crippen LogP contribution in [0.2, 0.25) is 0 Å². The third-order valence-corrected chi connectivity index (χ3v) is 1.69. The van der Waals surface area contributed by atoms with Gasteiger partial charge < -0.3 is 15.3 Å². The van der Waals surface area contributed by atoms with Crippen LogP contribution in [0, 0.1) is 11.8 Å². The standard InChI is InChI=1S/C7H10O6/c1-2-3(5(8)9)4(6(10)11)7(12)13/h3-4H,2H2,1H3,(H,8,9)(H,10,11)(H,12,13). The monoisotopic (exact) mass is 190 g/mol. The fourth-order valence-corrected chi connectivity index (χ4v) is 1.00. The molecule has 6 nitrogen and oxygen atoms in total. The van der Waals surface area contributed by atoms with Gasteiger partial charge in [0.1, 0.15) is 0 Å². The van der Waals surface area contributed by atoms with Crippen LogP contribution >= 0.6 is 0 Å². The highest BCUT2D eigenvalue weighted by Crippen LogP contribution is 2.16. The van der Waals surface area contributed by atoms with E-state index in [4.69, 9.17) is 15.3 Å². The zero-order valence-electron chi connectivity index (χ0n) is 6.93. The van der Waals surface area contributed by atoms with Crippen LogP contribution in [0.25, 0.3) is 0 Å². The molecule has 13 heavy (non-hydrogen) atoms. The Hall–Kier alpha value is -1.59. The predicted molar refractivity (Wildman–Crippen MR) is 40.2 cm³/mol. The van der Waals surface area contributed by atoms with Gasteiger partial charge in [0.05, 0.1) is 5.92 Å². The molecular formula is C7H10O6. The lowest BCUT2D eigenvalue weighted by atomic mass is 9.90. The average molecular weight is 190 g/mol. The summed E-state index contributed by atoms with van der Waals surface area (Å²) in [5.74, 6) is -7.90. The van der Waals surface area contributed by atoms with Crippen molar-refractivity contribution in [2.75, 3.05) is 0 Å². The van der Waals surface area contributed by atoms with Crippen molar-refractivity contribution < 1.29 is 29.7 Å². The van der Waals surface area contributed by atoms with Crippen LogP contribution in [0.15, 0.2) is 0 Å². The summed E-state index contributed by atoms with van der Waals surface area (Å²) in [7, 11) is 0. The highest BCUT2D eigenvalue weighted by Gasteiger charge is 2.38. The van der Waals surface area contributed by atoms with E-state index in [0.29, 0.717) is 0 Å². The molecule has 6 heteroatoms. The lowest BCUT2D eigenvalue weighted by Crippen LogP contribution is -2.35. The maximum Gasteiger partial charge on any atom is 0.318 e. The molecule has 0 heterocycles. The van der Waals surface area contributed by atoms with E-state index < -0.39 is 29.7 Å². The number of carboxylic acids is 3. The minimum absolute atomic E-state index is 0.0292. The summed E-state index contributed by atoms with van der Waals surface area (Å²) < 4.78 is 0. The SMILES string of the molecule is CCC(C(=O)O)C(C(=O)O)C(=O)O. The number of carbonyl (C=O) groups is 3. The largest absolute Gasteiger partial charge is 0.481 e. The van der Waals surface area contributed by atoms with E-state index in [2.05, 4.69) is 0 Å². The zero-order valence-corrected chi connectivity index (χ0v) is 6.93. The Morgan fingerprint density at radius 2 is 1.38 bits per heavy atom. The molecule has 0 saturated carbocycles. The first-order valence-electron chi connectivity index (χ1n) is 3.60. The smallest absolute Gasteiger partial charge is 0.318 e. The van der Waals surface area contributed by atoms with Gasteiger partial charge in [0.25, 0.3) is 0 Å². The quantitative estimate of drug-likeness (QED) is 0.521. The van der Waals surface area contributed by atoms with E-state index in [1.54, 1.807) is 0 Å². The molecule has 0 rings (SSSR count). The van der Waals surface area contributed by atoms with Crippen molar-refractivity contribution in [2.24, 2.45) is 11.8 Å². The van der Waals surface area contributed by atoms with E-state index in [1.807, 2.05) is 0 Å². The van der Waals surface area contributed by atoms with Crippen molar-refractivity contribution in [3.05, 3.63) is 0 Å². The first-order chi connectivity index (χ1) is 5.91. The predicted octanol–water partition coefficient (Wildman–Crippen LogP) is -0.117. The van der Waals surface area contributed by atoms with Gasteiger partial charge in [-0.05, 0) is 6.42 Å². The van der Waals surface area contributed by atoms with Gasteiger partial charge in [-0.2, -0.15) is 0 Å². The highest BCUT2D eigenvalue weighted by atomic mass is 16.4. The first-order valence-corrected chi connectivity index (χ1v) is 3.60. The van der Waals surface area contributed by atoms with Crippen molar-refractivity contribution in [1.82, 2.24) is 0 Å². The molecule has 1 unspecified atom stereocenters. The van der Waals surface area contributed by atoms with Gasteiger partial charge in [0.2, 0.25) is 0 Å². The summed E-state index contributed by atoms with van der Waals surface area (Å²) in [5.41, 5.74) is 0. The van der Waals surface area contributed by atoms with Gasteiger partial charge in [-0.3, -0.25) is 14.4 Å². The molecule has 0 aromatic heterocycles. The molecule has 0 aromatic carbocycles. The lowest BCUT2D eigenvalue weighted by Gasteiger charge is -2.13. The summed E-state index contributed by atoms with van der Waals surface area (Å²) in [4.78, 5) is 31.3. The van der Waals surface area contributed by atoms with Crippen LogP contribution in [-0.2, 0) is 14.4 Å². The van der Waals surface area contributed by atoms with Crippen LogP contribution in [0.5, 0.6) is 0 Å². The second-order valence-electron chi connectivity index (χ2n) is 2.51. The summed E-state index contributed by atoms with van der Waals surface area (Å²) in [6, 6.07) is 0. The van der Waals surface area contributed by atoms with Crippen molar-refractivity contribution in [3.63, 3.8) is 0 Å². The Morgan fingerprint density at radius 1 is 1.00 bits per heavy atom. The summed E-state index contributed by atoms with van der Waals surface area (Å²) >= 11 is 0. The molecule has 0 aliphatic rings. The molecule has 74 valence electrons. The van der Waals surface area contributed by atoms with E-state index in [0.717, 1.165) is 0 Å². The molecule has 1 atom stereocenters. The topological polar surface area (TPSA) is 112 Å². The molecule has 3 N–H and O–H groups in total. The zero-order chi connectivity index (χ0) is 10.6. The minimum atomic E-state index is -1.87. The Kier molecular flexibility index (Phi) is 3.90. The van der Waals surface area contributed by atoms with Gasteiger partial charge in [-0.25, -0.2) is 0 Å². The van der Waals surface area contributed by atoms with Crippen LogP contribution in [0.4, 0.5) is 0 Å². The van der Waals surface area contributed by atoms with Crippen LogP contribution in [0.1, 0.15) is 13.3 Å². The molecule has 0 fully saturated rings. The van der Waals surface area contributed by atoms with Gasteiger partial charge in [-0.1, -0.05) is 6.92 Å². The highest BCUT2D eigenvalue weighted by molar-refractivity contribution is 5.97. The molecule has 0 aliphatic carbocycles. The van der Waals surface area contributed by atoms with Gasteiger partial charge in [0.15, 0.2) is 5.92 Å². The van der Waals surface area contributed by atoms with E-state index in [1.165, 1.54) is 6.92 Å². The van der Waals surface area contributed by atoms with E-state index in [-0.39, 0.29) is 6.42 Å². The number of hydrogen-bond acceptors (Lipinski definition) is 3. The van der Waals surface area contributed by atoms with Crippen LogP contribution in [-0.4, -0.2) is 33.2 Å². The lowest BCUT2D eigenvalue weighted by molar-refractivity contribution is -0.164. The van der Waals surface area contributed by atoms with Crippen molar-refractivity contribution >= 4 is 17.9 Å². The minimum Gasteiger partial charge on any atom is -0.481 e. The maximum absolute atomic E-state index is 10.5. The fraction of sp³-hybridized carbons (Fsp3) is 0.571. The van der Waals surface area contributed by atoms with Gasteiger partial charge in [-0.15, -0.1) is 0 Å². The molecular weight excluding hydrogens is 180 g/mol. The first kappa shape index (κ1) is 11.4. The van der Waals surface area contributed by atoms with Crippen LogP contribution < -0.4 is 0 Å². The molecule has 0 radical (unpaired) electrons. The molecule has 0 aliphatic heterocycles. The third-order valence-electron chi connectivity index (χ3n) is 1.69. The van der Waals surface area contributed by atoms with Crippen molar-refractivity contribution in [3.8, 4) is 0 Å². The number of hydrogen-bond donors (Lipinski definition) is 3. The maximum atomic E-state index is 10.5. The molecule has 0 spiro atoms. The Balaban J connectivity index is 4.80.